The molecule has 0 saturated carbocycles. The molecule has 40 heavy (non-hydrogen) atoms. The van der Waals surface area contributed by atoms with Crippen molar-refractivity contribution in [1.82, 2.24) is 9.88 Å². The van der Waals surface area contributed by atoms with Crippen LogP contribution in [0.1, 0.15) is 22.9 Å². The number of benzene rings is 5. The van der Waals surface area contributed by atoms with Crippen LogP contribution in [0.15, 0.2) is 142 Å². The Morgan fingerprint density at radius 2 is 1.38 bits per heavy atom. The highest BCUT2D eigenvalue weighted by atomic mass is 32.2. The molecule has 0 amide bonds. The summed E-state index contributed by atoms with van der Waals surface area (Å²) in [6.45, 7) is 0. The van der Waals surface area contributed by atoms with Gasteiger partial charge >= 0.3 is 0 Å². The third-order valence-corrected chi connectivity index (χ3v) is 7.79. The maximum Gasteiger partial charge on any atom is 0.186 e. The summed E-state index contributed by atoms with van der Waals surface area (Å²) in [7, 11) is 0. The fourth-order valence-electron chi connectivity index (χ4n) is 5.23. The van der Waals surface area contributed by atoms with Gasteiger partial charge in [0.25, 0.3) is 0 Å². The summed E-state index contributed by atoms with van der Waals surface area (Å²) < 4.78 is 23.6. The predicted octanol–water partition coefficient (Wildman–Crippen LogP) is 6.86. The molecule has 5 aromatic carbocycles. The first-order valence-corrected chi connectivity index (χ1v) is 14.0. The van der Waals surface area contributed by atoms with Crippen LogP contribution in [0.4, 0.5) is 0 Å². The van der Waals surface area contributed by atoms with Crippen molar-refractivity contribution in [2.75, 3.05) is 0 Å². The fourth-order valence-corrected chi connectivity index (χ4v) is 5.63. The number of para-hydroxylation sites is 1. The lowest BCUT2D eigenvalue weighted by atomic mass is 10.1. The van der Waals surface area contributed by atoms with E-state index in [-0.39, 0.29) is 6.17 Å². The zero-order valence-corrected chi connectivity index (χ0v) is 22.1. The van der Waals surface area contributed by atoms with Crippen molar-refractivity contribution in [3.63, 3.8) is 0 Å². The van der Waals surface area contributed by atoms with Gasteiger partial charge in [0.1, 0.15) is 12.0 Å². The lowest BCUT2D eigenvalue weighted by Crippen LogP contribution is -2.33. The second-order valence-electron chi connectivity index (χ2n) is 9.56. The molecule has 6 nitrogen and oxygen atoms in total. The molecule has 2 heterocycles. The van der Waals surface area contributed by atoms with E-state index in [4.69, 9.17) is 9.98 Å². The zero-order valence-electron chi connectivity index (χ0n) is 21.3. The Bertz CT molecular complexity index is 1950. The second-order valence-corrected chi connectivity index (χ2v) is 10.5. The van der Waals surface area contributed by atoms with E-state index in [0.29, 0.717) is 10.7 Å². The predicted molar refractivity (Wildman–Crippen MR) is 162 cm³/mol. The van der Waals surface area contributed by atoms with Crippen LogP contribution in [-0.4, -0.2) is 25.0 Å². The largest absolute Gasteiger partial charge is 0.344 e. The SMILES string of the molecule is O=S(O)c1ccc2c(c1)c1ccccc1n2-c1ccc(C2=NC(c3ccccc3)NC(c3ccccc3)=N2)cc1. The quantitative estimate of drug-likeness (QED) is 0.235. The number of nitrogens with one attached hydrogen (secondary N) is 1. The Kier molecular flexibility index (Phi) is 6.07. The Balaban J connectivity index is 1.32. The van der Waals surface area contributed by atoms with Crippen molar-refractivity contribution >= 4 is 44.6 Å². The van der Waals surface area contributed by atoms with Crippen LogP contribution in [0, 0.1) is 0 Å². The third kappa shape index (κ3) is 4.31. The third-order valence-electron chi connectivity index (χ3n) is 7.13. The minimum absolute atomic E-state index is 0.257. The van der Waals surface area contributed by atoms with Gasteiger partial charge in [-0.05, 0) is 54.1 Å². The number of aromatic nitrogens is 1. The number of nitrogens with zero attached hydrogens (tertiary/aromatic N) is 3. The summed E-state index contributed by atoms with van der Waals surface area (Å²) in [5.41, 5.74) is 5.96. The van der Waals surface area contributed by atoms with Crippen LogP contribution in [0.25, 0.3) is 27.5 Å². The smallest absolute Gasteiger partial charge is 0.186 e. The summed E-state index contributed by atoms with van der Waals surface area (Å²) in [6.07, 6.45) is -0.257. The van der Waals surface area contributed by atoms with E-state index in [1.165, 1.54) is 0 Å². The van der Waals surface area contributed by atoms with Gasteiger partial charge in [0.2, 0.25) is 0 Å². The summed E-state index contributed by atoms with van der Waals surface area (Å²) >= 11 is -2.04. The molecule has 7 rings (SSSR count). The molecule has 2 N–H and O–H groups in total. The highest BCUT2D eigenvalue weighted by Crippen LogP contribution is 2.33. The number of amidine groups is 2. The average molecular weight is 541 g/mol. The Hall–Kier alpha value is -4.85. The molecular weight excluding hydrogens is 516 g/mol. The van der Waals surface area contributed by atoms with Gasteiger partial charge in [0.05, 0.1) is 15.9 Å². The fraction of sp³-hybridized carbons (Fsp3) is 0.0303. The average Bonchev–Trinajstić information content (AvgIpc) is 3.35. The number of aliphatic imine (C=N–C) groups is 2. The standard InChI is InChI=1S/C33H24N4O2S/c38-40(39)26-19-20-30-28(21-26)27-13-7-8-14-29(27)37(30)25-17-15-24(16-18-25)33-35-31(22-9-3-1-4-10-22)34-32(36-33)23-11-5-2-6-12-23/h1-21,31H,(H,38,39)(H,34,35,36). The maximum absolute atomic E-state index is 11.8. The summed E-state index contributed by atoms with van der Waals surface area (Å²) in [5.74, 6) is 1.44. The normalized spacial score (nSPS) is 15.9. The number of fused-ring (bicyclic) bond motifs is 3. The van der Waals surface area contributed by atoms with Gasteiger partial charge in [-0.1, -0.05) is 78.9 Å². The highest BCUT2D eigenvalue weighted by Gasteiger charge is 2.21. The van der Waals surface area contributed by atoms with Crippen LogP contribution < -0.4 is 5.32 Å². The van der Waals surface area contributed by atoms with Gasteiger partial charge < -0.3 is 14.4 Å². The molecule has 194 valence electrons. The monoisotopic (exact) mass is 540 g/mol. The topological polar surface area (TPSA) is 79.0 Å². The van der Waals surface area contributed by atoms with E-state index in [0.717, 1.165) is 50.0 Å². The van der Waals surface area contributed by atoms with Gasteiger partial charge in [0, 0.05) is 27.6 Å². The van der Waals surface area contributed by atoms with Crippen molar-refractivity contribution in [2.45, 2.75) is 11.1 Å². The minimum atomic E-state index is -2.04. The zero-order chi connectivity index (χ0) is 27.1. The van der Waals surface area contributed by atoms with Crippen LogP contribution in [-0.2, 0) is 11.1 Å². The molecule has 2 unspecified atom stereocenters. The molecule has 6 aromatic rings. The molecule has 7 heteroatoms. The van der Waals surface area contributed by atoms with Crippen molar-refractivity contribution in [1.29, 1.82) is 0 Å². The summed E-state index contributed by atoms with van der Waals surface area (Å²) in [6, 6.07) is 42.0. The molecule has 0 radical (unpaired) electrons. The highest BCUT2D eigenvalue weighted by molar-refractivity contribution is 7.79. The molecule has 1 aliphatic heterocycles. The van der Waals surface area contributed by atoms with Crippen LogP contribution in [0.2, 0.25) is 0 Å². The van der Waals surface area contributed by atoms with Crippen molar-refractivity contribution in [3.05, 3.63) is 144 Å². The Morgan fingerprint density at radius 3 is 2.12 bits per heavy atom. The van der Waals surface area contributed by atoms with Crippen molar-refractivity contribution < 1.29 is 8.76 Å². The molecule has 0 saturated heterocycles. The molecule has 0 bridgehead atoms. The van der Waals surface area contributed by atoms with Gasteiger partial charge in [0.15, 0.2) is 16.9 Å². The molecular formula is C33H24N4O2S. The van der Waals surface area contributed by atoms with E-state index < -0.39 is 11.1 Å². The number of rotatable bonds is 5. The molecule has 0 fully saturated rings. The maximum atomic E-state index is 11.8. The van der Waals surface area contributed by atoms with E-state index in [1.807, 2.05) is 84.9 Å². The second kappa shape index (κ2) is 10.0. The first-order chi connectivity index (χ1) is 19.7. The summed E-state index contributed by atoms with van der Waals surface area (Å²) in [5, 5.41) is 5.45. The number of hydrogen-bond acceptors (Lipinski definition) is 4. The Labute approximate surface area is 233 Å². The molecule has 1 aromatic heterocycles. The Morgan fingerprint density at radius 1 is 0.700 bits per heavy atom. The lowest BCUT2D eigenvalue weighted by Gasteiger charge is -2.23. The van der Waals surface area contributed by atoms with Gasteiger partial charge in [-0.25, -0.2) is 14.2 Å². The van der Waals surface area contributed by atoms with Crippen molar-refractivity contribution in [2.24, 2.45) is 9.98 Å². The molecule has 1 aliphatic rings. The van der Waals surface area contributed by atoms with Gasteiger partial charge in [-0.15, -0.1) is 0 Å². The summed E-state index contributed by atoms with van der Waals surface area (Å²) in [4.78, 5) is 10.3. The van der Waals surface area contributed by atoms with E-state index >= 15 is 0 Å². The molecule has 2 atom stereocenters. The van der Waals surface area contributed by atoms with E-state index in [9.17, 15) is 8.76 Å². The van der Waals surface area contributed by atoms with Gasteiger partial charge in [-0.2, -0.15) is 0 Å². The molecule has 0 aliphatic carbocycles. The lowest BCUT2D eigenvalue weighted by molar-refractivity contribution is 0.564. The van der Waals surface area contributed by atoms with Crippen LogP contribution in [0.5, 0.6) is 0 Å². The van der Waals surface area contributed by atoms with Gasteiger partial charge in [-0.3, -0.25) is 0 Å². The molecule has 0 spiro atoms. The van der Waals surface area contributed by atoms with Crippen molar-refractivity contribution in [3.8, 4) is 5.69 Å². The van der Waals surface area contributed by atoms with Crippen LogP contribution in [0.3, 0.4) is 0 Å². The first kappa shape index (κ1) is 24.2. The van der Waals surface area contributed by atoms with E-state index in [2.05, 4.69) is 40.2 Å². The minimum Gasteiger partial charge on any atom is -0.344 e. The first-order valence-electron chi connectivity index (χ1n) is 12.9. The van der Waals surface area contributed by atoms with E-state index in [1.54, 1.807) is 12.1 Å². The number of hydrogen-bond donors (Lipinski definition) is 2. The van der Waals surface area contributed by atoms with Crippen LogP contribution >= 0.6 is 0 Å².